The van der Waals surface area contributed by atoms with Crippen molar-refractivity contribution in [2.75, 3.05) is 5.32 Å². The van der Waals surface area contributed by atoms with Crippen LogP contribution in [0.2, 0.25) is 0 Å². The molecule has 0 amide bonds. The summed E-state index contributed by atoms with van der Waals surface area (Å²) in [5.41, 5.74) is 3.95. The third kappa shape index (κ3) is 5.37. The van der Waals surface area contributed by atoms with Crippen molar-refractivity contribution in [3.63, 3.8) is 0 Å². The Hall–Kier alpha value is -4.59. The number of non-ortho nitro benzene ring substituents is 1. The lowest BCUT2D eigenvalue weighted by molar-refractivity contribution is -0.384. The minimum absolute atomic E-state index is 0.0339. The van der Waals surface area contributed by atoms with Gasteiger partial charge in [-0.15, -0.1) is 0 Å². The SMILES string of the molecule is O=C(O)C(Cc1ccccc1)Nc1cc(-c2ccc(-c3cccc([N+](=O)[O-])c3)cc2)ncn1. The van der Waals surface area contributed by atoms with Crippen molar-refractivity contribution in [2.45, 2.75) is 12.5 Å². The quantitative estimate of drug-likeness (QED) is 0.298. The number of carbonyl (C=O) groups is 1. The second-order valence-corrected chi connectivity index (χ2v) is 7.40. The van der Waals surface area contributed by atoms with Crippen molar-refractivity contribution in [1.82, 2.24) is 9.97 Å². The highest BCUT2D eigenvalue weighted by Gasteiger charge is 2.18. The molecule has 1 heterocycles. The zero-order valence-electron chi connectivity index (χ0n) is 17.5. The van der Waals surface area contributed by atoms with Crippen LogP contribution in [0.5, 0.6) is 0 Å². The second kappa shape index (κ2) is 9.69. The smallest absolute Gasteiger partial charge is 0.326 e. The first-order valence-electron chi connectivity index (χ1n) is 10.2. The molecule has 0 bridgehead atoms. The molecule has 4 aromatic rings. The van der Waals surface area contributed by atoms with E-state index in [9.17, 15) is 20.0 Å². The third-order valence-electron chi connectivity index (χ3n) is 5.14. The maximum Gasteiger partial charge on any atom is 0.326 e. The standard InChI is InChI=1S/C25H20N4O4/c30-25(31)23(13-17-5-2-1-3-6-17)28-24-15-22(26-16-27-24)19-11-9-18(10-12-19)20-7-4-8-21(14-20)29(32)33/h1-12,14-16,23H,13H2,(H,30,31)(H,26,27,28). The largest absolute Gasteiger partial charge is 0.480 e. The second-order valence-electron chi connectivity index (χ2n) is 7.40. The Labute approximate surface area is 189 Å². The number of anilines is 1. The number of aliphatic carboxylic acids is 1. The van der Waals surface area contributed by atoms with E-state index in [1.54, 1.807) is 12.1 Å². The van der Waals surface area contributed by atoms with Crippen LogP contribution in [0.15, 0.2) is 91.3 Å². The molecule has 3 aromatic carbocycles. The molecule has 1 unspecified atom stereocenters. The highest BCUT2D eigenvalue weighted by Crippen LogP contribution is 2.27. The third-order valence-corrected chi connectivity index (χ3v) is 5.14. The first kappa shape index (κ1) is 21.6. The van der Waals surface area contributed by atoms with E-state index in [2.05, 4.69) is 15.3 Å². The van der Waals surface area contributed by atoms with Gasteiger partial charge in [0.25, 0.3) is 5.69 Å². The number of nitrogens with one attached hydrogen (secondary N) is 1. The van der Waals surface area contributed by atoms with Crippen LogP contribution in [0.4, 0.5) is 11.5 Å². The van der Waals surface area contributed by atoms with Gasteiger partial charge in [0.05, 0.1) is 10.6 Å². The highest BCUT2D eigenvalue weighted by molar-refractivity contribution is 5.78. The summed E-state index contributed by atoms with van der Waals surface area (Å²) in [6.07, 6.45) is 1.70. The molecular weight excluding hydrogens is 420 g/mol. The topological polar surface area (TPSA) is 118 Å². The van der Waals surface area contributed by atoms with Gasteiger partial charge >= 0.3 is 5.97 Å². The summed E-state index contributed by atoms with van der Waals surface area (Å²) >= 11 is 0. The molecular formula is C25H20N4O4. The highest BCUT2D eigenvalue weighted by atomic mass is 16.6. The zero-order valence-corrected chi connectivity index (χ0v) is 17.5. The van der Waals surface area contributed by atoms with E-state index in [4.69, 9.17) is 0 Å². The van der Waals surface area contributed by atoms with Gasteiger partial charge in [-0.1, -0.05) is 66.7 Å². The number of benzene rings is 3. The summed E-state index contributed by atoms with van der Waals surface area (Å²) < 4.78 is 0. The van der Waals surface area contributed by atoms with Crippen LogP contribution in [0.3, 0.4) is 0 Å². The molecule has 1 atom stereocenters. The summed E-state index contributed by atoms with van der Waals surface area (Å²) in [5, 5.41) is 23.6. The van der Waals surface area contributed by atoms with Gasteiger partial charge in [-0.25, -0.2) is 14.8 Å². The van der Waals surface area contributed by atoms with E-state index in [-0.39, 0.29) is 5.69 Å². The Morgan fingerprint density at radius 3 is 2.33 bits per heavy atom. The van der Waals surface area contributed by atoms with Crippen LogP contribution in [-0.2, 0) is 11.2 Å². The normalized spacial score (nSPS) is 11.5. The molecule has 0 aliphatic carbocycles. The Balaban J connectivity index is 1.53. The van der Waals surface area contributed by atoms with Crippen LogP contribution in [-0.4, -0.2) is 32.0 Å². The molecule has 0 radical (unpaired) electrons. The van der Waals surface area contributed by atoms with Gasteiger partial charge in [0.1, 0.15) is 18.2 Å². The van der Waals surface area contributed by atoms with Crippen molar-refractivity contribution < 1.29 is 14.8 Å². The predicted octanol–water partition coefficient (Wildman–Crippen LogP) is 4.83. The number of nitrogens with zero attached hydrogens (tertiary/aromatic N) is 3. The average Bonchev–Trinajstić information content (AvgIpc) is 2.84. The monoisotopic (exact) mass is 440 g/mol. The van der Waals surface area contributed by atoms with Gasteiger partial charge in [-0.2, -0.15) is 0 Å². The minimum Gasteiger partial charge on any atom is -0.480 e. The Morgan fingerprint density at radius 2 is 1.64 bits per heavy atom. The van der Waals surface area contributed by atoms with Crippen LogP contribution in [0.25, 0.3) is 22.4 Å². The van der Waals surface area contributed by atoms with Gasteiger partial charge in [0.15, 0.2) is 0 Å². The maximum absolute atomic E-state index is 11.8. The fourth-order valence-corrected chi connectivity index (χ4v) is 3.45. The number of rotatable bonds is 8. The maximum atomic E-state index is 11.8. The van der Waals surface area contributed by atoms with Gasteiger partial charge in [-0.3, -0.25) is 10.1 Å². The fourth-order valence-electron chi connectivity index (χ4n) is 3.45. The van der Waals surface area contributed by atoms with E-state index >= 15 is 0 Å². The van der Waals surface area contributed by atoms with Gasteiger partial charge in [0, 0.05) is 30.2 Å². The average molecular weight is 440 g/mol. The number of carboxylic acids is 1. The van der Waals surface area contributed by atoms with E-state index in [0.717, 1.165) is 22.3 Å². The molecule has 8 nitrogen and oxygen atoms in total. The molecule has 0 aliphatic rings. The molecule has 4 rings (SSSR count). The summed E-state index contributed by atoms with van der Waals surface area (Å²) in [7, 11) is 0. The number of hydrogen-bond donors (Lipinski definition) is 2. The van der Waals surface area contributed by atoms with Gasteiger partial charge < -0.3 is 10.4 Å². The Bertz CT molecular complexity index is 1280. The Kier molecular flexibility index (Phi) is 6.36. The van der Waals surface area contributed by atoms with Gasteiger partial charge in [0.2, 0.25) is 0 Å². The number of hydrogen-bond acceptors (Lipinski definition) is 6. The van der Waals surface area contributed by atoms with Crippen LogP contribution >= 0.6 is 0 Å². The van der Waals surface area contributed by atoms with Crippen molar-refractivity contribution in [1.29, 1.82) is 0 Å². The lowest BCUT2D eigenvalue weighted by atomic mass is 10.0. The molecule has 8 heteroatoms. The van der Waals surface area contributed by atoms with Crippen molar-refractivity contribution in [3.8, 4) is 22.4 Å². The molecule has 0 spiro atoms. The molecule has 0 saturated heterocycles. The molecule has 2 N–H and O–H groups in total. The van der Waals surface area contributed by atoms with Crippen LogP contribution in [0, 0.1) is 10.1 Å². The summed E-state index contributed by atoms with van der Waals surface area (Å²) in [6, 6.07) is 24.1. The lowest BCUT2D eigenvalue weighted by Gasteiger charge is -2.15. The van der Waals surface area contributed by atoms with E-state index in [1.807, 2.05) is 60.7 Å². The molecule has 33 heavy (non-hydrogen) atoms. The molecule has 1 aromatic heterocycles. The fraction of sp³-hybridized carbons (Fsp3) is 0.0800. The first-order valence-corrected chi connectivity index (χ1v) is 10.2. The first-order chi connectivity index (χ1) is 16.0. The summed E-state index contributed by atoms with van der Waals surface area (Å²) in [6.45, 7) is 0. The van der Waals surface area contributed by atoms with Crippen molar-refractivity contribution in [3.05, 3.63) is 107 Å². The number of nitro benzene ring substituents is 1. The predicted molar refractivity (Wildman–Crippen MR) is 125 cm³/mol. The Morgan fingerprint density at radius 1 is 0.909 bits per heavy atom. The van der Waals surface area contributed by atoms with Crippen LogP contribution < -0.4 is 5.32 Å². The molecule has 0 saturated carbocycles. The number of nitro groups is 1. The van der Waals surface area contributed by atoms with Crippen molar-refractivity contribution >= 4 is 17.5 Å². The van der Waals surface area contributed by atoms with Crippen molar-refractivity contribution in [2.24, 2.45) is 0 Å². The summed E-state index contributed by atoms with van der Waals surface area (Å²) in [5.74, 6) is -0.564. The molecule has 0 fully saturated rings. The number of carboxylic acid groups (broad SMARTS) is 1. The number of aromatic nitrogens is 2. The minimum atomic E-state index is -0.972. The summed E-state index contributed by atoms with van der Waals surface area (Å²) in [4.78, 5) is 30.8. The zero-order chi connectivity index (χ0) is 23.2. The molecule has 164 valence electrons. The lowest BCUT2D eigenvalue weighted by Crippen LogP contribution is -2.31. The van der Waals surface area contributed by atoms with E-state index in [1.165, 1.54) is 18.5 Å². The molecule has 0 aliphatic heterocycles. The van der Waals surface area contributed by atoms with E-state index in [0.29, 0.717) is 17.9 Å². The van der Waals surface area contributed by atoms with E-state index < -0.39 is 16.9 Å². The van der Waals surface area contributed by atoms with Crippen LogP contribution in [0.1, 0.15) is 5.56 Å². The van der Waals surface area contributed by atoms with Gasteiger partial charge in [-0.05, 0) is 16.7 Å².